The highest BCUT2D eigenvalue weighted by Gasteiger charge is 2.10. The molecule has 0 saturated heterocycles. The molecule has 0 spiro atoms. The van der Waals surface area contributed by atoms with E-state index in [0.29, 0.717) is 22.2 Å². The van der Waals surface area contributed by atoms with Crippen LogP contribution in [0.2, 0.25) is 5.02 Å². The zero-order chi connectivity index (χ0) is 12.7. The average molecular weight is 259 g/mol. The Morgan fingerprint density at radius 3 is 2.61 bits per heavy atom. The molecule has 0 atom stereocenters. The Morgan fingerprint density at radius 2 is 1.89 bits per heavy atom. The molecular formula is C14H11ClN2O. The Hall–Kier alpha value is -2.00. The normalized spacial score (nSPS) is 11.0. The van der Waals surface area contributed by atoms with Crippen molar-refractivity contribution in [3.8, 4) is 11.5 Å². The SMILES string of the molecule is Cc1cc(N)c2oc(-c3ccc(Cl)cc3)nc2c1. The quantitative estimate of drug-likeness (QED) is 0.670. The summed E-state index contributed by atoms with van der Waals surface area (Å²) in [5, 5.41) is 0.685. The van der Waals surface area contributed by atoms with E-state index in [9.17, 15) is 0 Å². The lowest BCUT2D eigenvalue weighted by Gasteiger charge is -1.95. The van der Waals surface area contributed by atoms with Crippen LogP contribution in [-0.4, -0.2) is 4.98 Å². The lowest BCUT2D eigenvalue weighted by molar-refractivity contribution is 0.621. The second-order valence-electron chi connectivity index (χ2n) is 4.23. The van der Waals surface area contributed by atoms with Gasteiger partial charge in [-0.05, 0) is 48.9 Å². The van der Waals surface area contributed by atoms with Crippen molar-refractivity contribution in [2.75, 3.05) is 5.73 Å². The summed E-state index contributed by atoms with van der Waals surface area (Å²) in [5.74, 6) is 0.555. The summed E-state index contributed by atoms with van der Waals surface area (Å²) in [6.45, 7) is 1.98. The number of hydrogen-bond donors (Lipinski definition) is 1. The fourth-order valence-corrected chi connectivity index (χ4v) is 2.05. The number of nitrogens with zero attached hydrogens (tertiary/aromatic N) is 1. The van der Waals surface area contributed by atoms with Crippen LogP contribution in [0.15, 0.2) is 40.8 Å². The van der Waals surface area contributed by atoms with Crippen molar-refractivity contribution in [2.45, 2.75) is 6.92 Å². The minimum atomic E-state index is 0.555. The van der Waals surface area contributed by atoms with Crippen LogP contribution in [0.1, 0.15) is 5.56 Å². The van der Waals surface area contributed by atoms with Gasteiger partial charge in [-0.1, -0.05) is 11.6 Å². The summed E-state index contributed by atoms with van der Waals surface area (Å²) in [5.41, 5.74) is 9.88. The van der Waals surface area contributed by atoms with Gasteiger partial charge < -0.3 is 10.2 Å². The van der Waals surface area contributed by atoms with Crippen molar-refractivity contribution in [1.29, 1.82) is 0 Å². The van der Waals surface area contributed by atoms with E-state index in [1.165, 1.54) is 0 Å². The maximum Gasteiger partial charge on any atom is 0.227 e. The third kappa shape index (κ3) is 1.83. The van der Waals surface area contributed by atoms with Crippen LogP contribution in [0.25, 0.3) is 22.6 Å². The first-order chi connectivity index (χ1) is 8.63. The van der Waals surface area contributed by atoms with Crippen molar-refractivity contribution in [3.63, 3.8) is 0 Å². The van der Waals surface area contributed by atoms with Gasteiger partial charge in [0.05, 0.1) is 5.69 Å². The molecule has 0 unspecified atom stereocenters. The summed E-state index contributed by atoms with van der Waals surface area (Å²) in [4.78, 5) is 4.44. The van der Waals surface area contributed by atoms with Gasteiger partial charge in [-0.15, -0.1) is 0 Å². The molecule has 2 N–H and O–H groups in total. The first-order valence-corrected chi connectivity index (χ1v) is 5.94. The zero-order valence-corrected chi connectivity index (χ0v) is 10.5. The van der Waals surface area contributed by atoms with E-state index in [1.54, 1.807) is 12.1 Å². The number of nitrogen functional groups attached to an aromatic ring is 1. The smallest absolute Gasteiger partial charge is 0.227 e. The maximum absolute atomic E-state index is 5.92. The van der Waals surface area contributed by atoms with Crippen LogP contribution in [0.3, 0.4) is 0 Å². The van der Waals surface area contributed by atoms with Gasteiger partial charge in [0, 0.05) is 10.6 Å². The molecule has 0 aliphatic carbocycles. The van der Waals surface area contributed by atoms with Crippen molar-refractivity contribution in [3.05, 3.63) is 47.0 Å². The molecular weight excluding hydrogens is 248 g/mol. The Labute approximate surface area is 109 Å². The lowest BCUT2D eigenvalue weighted by Crippen LogP contribution is -1.86. The predicted octanol–water partition coefficient (Wildman–Crippen LogP) is 4.04. The van der Waals surface area contributed by atoms with Gasteiger partial charge in [-0.2, -0.15) is 0 Å². The van der Waals surface area contributed by atoms with Crippen molar-refractivity contribution >= 4 is 28.4 Å². The highest BCUT2D eigenvalue weighted by molar-refractivity contribution is 6.30. The Kier molecular flexibility index (Phi) is 2.49. The van der Waals surface area contributed by atoms with Crippen molar-refractivity contribution < 1.29 is 4.42 Å². The van der Waals surface area contributed by atoms with Gasteiger partial charge >= 0.3 is 0 Å². The summed E-state index contributed by atoms with van der Waals surface area (Å²) in [7, 11) is 0. The second kappa shape index (κ2) is 4.03. The molecule has 0 amide bonds. The third-order valence-corrected chi connectivity index (χ3v) is 3.01. The van der Waals surface area contributed by atoms with E-state index in [0.717, 1.165) is 16.6 Å². The summed E-state index contributed by atoms with van der Waals surface area (Å²) >= 11 is 5.85. The minimum absolute atomic E-state index is 0.555. The largest absolute Gasteiger partial charge is 0.434 e. The molecule has 3 rings (SSSR count). The minimum Gasteiger partial charge on any atom is -0.434 e. The highest BCUT2D eigenvalue weighted by Crippen LogP contribution is 2.29. The number of anilines is 1. The molecule has 2 aromatic carbocycles. The van der Waals surface area contributed by atoms with Crippen LogP contribution in [0, 0.1) is 6.92 Å². The van der Waals surface area contributed by atoms with Gasteiger partial charge in [0.2, 0.25) is 5.89 Å². The van der Waals surface area contributed by atoms with Gasteiger partial charge in [0.25, 0.3) is 0 Å². The Bertz CT molecular complexity index is 716. The predicted molar refractivity (Wildman–Crippen MR) is 73.6 cm³/mol. The van der Waals surface area contributed by atoms with Crippen molar-refractivity contribution in [1.82, 2.24) is 4.98 Å². The topological polar surface area (TPSA) is 52.0 Å². The van der Waals surface area contributed by atoms with Gasteiger partial charge in [-0.25, -0.2) is 4.98 Å². The number of rotatable bonds is 1. The van der Waals surface area contributed by atoms with Crippen LogP contribution in [-0.2, 0) is 0 Å². The van der Waals surface area contributed by atoms with Crippen LogP contribution >= 0.6 is 11.6 Å². The number of nitrogens with two attached hydrogens (primary N) is 1. The molecule has 0 aliphatic rings. The lowest BCUT2D eigenvalue weighted by atomic mass is 10.2. The number of hydrogen-bond acceptors (Lipinski definition) is 3. The van der Waals surface area contributed by atoms with Gasteiger partial charge in [-0.3, -0.25) is 0 Å². The number of fused-ring (bicyclic) bond motifs is 1. The van der Waals surface area contributed by atoms with E-state index in [-0.39, 0.29) is 0 Å². The van der Waals surface area contributed by atoms with Crippen molar-refractivity contribution in [2.24, 2.45) is 0 Å². The number of halogens is 1. The number of aromatic nitrogens is 1. The molecule has 1 aromatic heterocycles. The first kappa shape index (κ1) is 11.1. The fourth-order valence-electron chi connectivity index (χ4n) is 1.92. The first-order valence-electron chi connectivity index (χ1n) is 5.56. The van der Waals surface area contributed by atoms with Gasteiger partial charge in [0.1, 0.15) is 5.52 Å². The molecule has 0 bridgehead atoms. The monoisotopic (exact) mass is 258 g/mol. The van der Waals surface area contributed by atoms with E-state index in [4.69, 9.17) is 21.8 Å². The van der Waals surface area contributed by atoms with E-state index in [1.807, 2.05) is 31.2 Å². The molecule has 90 valence electrons. The standard InChI is InChI=1S/C14H11ClN2O/c1-8-6-11(16)13-12(7-8)17-14(18-13)9-2-4-10(15)5-3-9/h2-7H,16H2,1H3. The van der Waals surface area contributed by atoms with Crippen LogP contribution in [0.4, 0.5) is 5.69 Å². The Balaban J connectivity index is 2.19. The Morgan fingerprint density at radius 1 is 1.17 bits per heavy atom. The summed E-state index contributed by atoms with van der Waals surface area (Å²) < 4.78 is 5.70. The van der Waals surface area contributed by atoms with E-state index >= 15 is 0 Å². The molecule has 3 nitrogen and oxygen atoms in total. The fraction of sp³-hybridized carbons (Fsp3) is 0.0714. The average Bonchev–Trinajstić information content (AvgIpc) is 2.74. The van der Waals surface area contributed by atoms with Crippen LogP contribution in [0.5, 0.6) is 0 Å². The number of benzene rings is 2. The molecule has 0 fully saturated rings. The van der Waals surface area contributed by atoms with Crippen LogP contribution < -0.4 is 5.73 Å². The summed E-state index contributed by atoms with van der Waals surface area (Å²) in [6, 6.07) is 11.2. The zero-order valence-electron chi connectivity index (χ0n) is 9.77. The molecule has 3 aromatic rings. The molecule has 18 heavy (non-hydrogen) atoms. The molecule has 1 heterocycles. The molecule has 0 saturated carbocycles. The van der Waals surface area contributed by atoms with E-state index in [2.05, 4.69) is 4.98 Å². The van der Waals surface area contributed by atoms with E-state index < -0.39 is 0 Å². The number of aryl methyl sites for hydroxylation is 1. The summed E-state index contributed by atoms with van der Waals surface area (Å²) in [6.07, 6.45) is 0. The highest BCUT2D eigenvalue weighted by atomic mass is 35.5. The number of oxazole rings is 1. The molecule has 4 heteroatoms. The van der Waals surface area contributed by atoms with Gasteiger partial charge in [0.15, 0.2) is 5.58 Å². The third-order valence-electron chi connectivity index (χ3n) is 2.75. The maximum atomic E-state index is 5.92. The molecule has 0 aliphatic heterocycles. The second-order valence-corrected chi connectivity index (χ2v) is 4.66. The molecule has 0 radical (unpaired) electrons.